The van der Waals surface area contributed by atoms with Gasteiger partial charge in [-0.05, 0) is 17.5 Å². The van der Waals surface area contributed by atoms with Crippen LogP contribution in [0, 0.1) is 0 Å². The number of carbonyl (C=O) groups excluding carboxylic acids is 1. The minimum atomic E-state index is 0.0363. The van der Waals surface area contributed by atoms with Gasteiger partial charge in [0, 0.05) is 19.6 Å². The Morgan fingerprint density at radius 1 is 1.25 bits per heavy atom. The van der Waals surface area contributed by atoms with E-state index in [1.54, 1.807) is 0 Å². The molecule has 0 aliphatic carbocycles. The zero-order valence-electron chi connectivity index (χ0n) is 9.07. The fourth-order valence-electron chi connectivity index (χ4n) is 2.49. The highest BCUT2D eigenvalue weighted by Gasteiger charge is 2.31. The summed E-state index contributed by atoms with van der Waals surface area (Å²) in [6, 6.07) is 8.39. The molecule has 2 N–H and O–H groups in total. The van der Waals surface area contributed by atoms with Gasteiger partial charge in [-0.3, -0.25) is 5.32 Å². The number of urea groups is 1. The van der Waals surface area contributed by atoms with Crippen molar-refractivity contribution in [1.82, 2.24) is 15.5 Å². The molecule has 4 nitrogen and oxygen atoms in total. The van der Waals surface area contributed by atoms with Crippen LogP contribution in [-0.2, 0) is 6.42 Å². The van der Waals surface area contributed by atoms with E-state index in [1.807, 2.05) is 11.0 Å². The van der Waals surface area contributed by atoms with Crippen molar-refractivity contribution in [2.45, 2.75) is 12.6 Å². The van der Waals surface area contributed by atoms with E-state index in [1.165, 1.54) is 11.1 Å². The molecule has 0 aromatic heterocycles. The first kappa shape index (κ1) is 9.66. The van der Waals surface area contributed by atoms with E-state index in [0.29, 0.717) is 0 Å². The van der Waals surface area contributed by atoms with Crippen molar-refractivity contribution < 1.29 is 4.79 Å². The van der Waals surface area contributed by atoms with E-state index in [9.17, 15) is 4.79 Å². The van der Waals surface area contributed by atoms with Gasteiger partial charge in [-0.2, -0.15) is 0 Å². The number of fused-ring (bicyclic) bond motifs is 1. The van der Waals surface area contributed by atoms with Gasteiger partial charge in [0.15, 0.2) is 0 Å². The van der Waals surface area contributed by atoms with E-state index in [2.05, 4.69) is 28.8 Å². The molecule has 2 aliphatic heterocycles. The highest BCUT2D eigenvalue weighted by Crippen LogP contribution is 2.26. The molecular weight excluding hydrogens is 202 g/mol. The molecule has 1 saturated heterocycles. The lowest BCUT2D eigenvalue weighted by Gasteiger charge is -2.33. The number of carbonyl (C=O) groups is 1. The molecule has 1 unspecified atom stereocenters. The maximum Gasteiger partial charge on any atom is 0.319 e. The quantitative estimate of drug-likeness (QED) is 0.732. The topological polar surface area (TPSA) is 44.4 Å². The second-order valence-corrected chi connectivity index (χ2v) is 4.23. The molecule has 0 spiro atoms. The van der Waals surface area contributed by atoms with Gasteiger partial charge in [0.1, 0.15) is 6.17 Å². The molecule has 0 bridgehead atoms. The molecule has 2 aliphatic rings. The summed E-state index contributed by atoms with van der Waals surface area (Å²) >= 11 is 0. The van der Waals surface area contributed by atoms with Crippen LogP contribution >= 0.6 is 0 Å². The Morgan fingerprint density at radius 2 is 2.12 bits per heavy atom. The molecule has 0 saturated carbocycles. The molecule has 2 heterocycles. The lowest BCUT2D eigenvalue weighted by molar-refractivity contribution is 0.182. The normalized spacial score (nSPS) is 24.1. The summed E-state index contributed by atoms with van der Waals surface area (Å²) in [5.41, 5.74) is 2.59. The van der Waals surface area contributed by atoms with Gasteiger partial charge in [-0.25, -0.2) is 4.79 Å². The average Bonchev–Trinajstić information content (AvgIpc) is 2.75. The van der Waals surface area contributed by atoms with Crippen LogP contribution in [0.4, 0.5) is 4.79 Å². The number of hydrogen-bond donors (Lipinski definition) is 2. The Morgan fingerprint density at radius 3 is 2.94 bits per heavy atom. The Labute approximate surface area is 94.6 Å². The maximum atomic E-state index is 11.7. The maximum absolute atomic E-state index is 11.7. The number of rotatable bonds is 1. The van der Waals surface area contributed by atoms with Gasteiger partial charge in [-0.1, -0.05) is 24.3 Å². The molecule has 2 amide bonds. The van der Waals surface area contributed by atoms with Gasteiger partial charge in [0.2, 0.25) is 0 Å². The molecule has 1 aromatic carbocycles. The molecule has 4 heteroatoms. The van der Waals surface area contributed by atoms with Crippen LogP contribution in [0.25, 0.3) is 0 Å². The summed E-state index contributed by atoms with van der Waals surface area (Å²) < 4.78 is 0. The van der Waals surface area contributed by atoms with Gasteiger partial charge in [0.05, 0.1) is 0 Å². The molecule has 3 rings (SSSR count). The van der Waals surface area contributed by atoms with Crippen molar-refractivity contribution in [1.29, 1.82) is 0 Å². The van der Waals surface area contributed by atoms with E-state index < -0.39 is 0 Å². The van der Waals surface area contributed by atoms with Gasteiger partial charge in [0.25, 0.3) is 0 Å². The zero-order chi connectivity index (χ0) is 11.0. The molecule has 1 aromatic rings. The number of benzene rings is 1. The number of nitrogens with one attached hydrogen (secondary N) is 2. The van der Waals surface area contributed by atoms with E-state index in [4.69, 9.17) is 0 Å². The Kier molecular flexibility index (Phi) is 2.29. The van der Waals surface area contributed by atoms with Crippen molar-refractivity contribution >= 4 is 6.03 Å². The summed E-state index contributed by atoms with van der Waals surface area (Å²) in [4.78, 5) is 13.5. The summed E-state index contributed by atoms with van der Waals surface area (Å²) in [7, 11) is 0. The summed E-state index contributed by atoms with van der Waals surface area (Å²) in [6.45, 7) is 2.47. The third-order valence-electron chi connectivity index (χ3n) is 3.28. The van der Waals surface area contributed by atoms with E-state index in [-0.39, 0.29) is 12.2 Å². The predicted molar refractivity (Wildman–Crippen MR) is 61.0 cm³/mol. The molecular formula is C12H15N3O. The lowest BCUT2D eigenvalue weighted by atomic mass is 9.98. The highest BCUT2D eigenvalue weighted by molar-refractivity contribution is 5.76. The second-order valence-electron chi connectivity index (χ2n) is 4.23. The molecule has 16 heavy (non-hydrogen) atoms. The molecule has 0 radical (unpaired) electrons. The first-order chi connectivity index (χ1) is 7.86. The van der Waals surface area contributed by atoms with Gasteiger partial charge in [-0.15, -0.1) is 0 Å². The second kappa shape index (κ2) is 3.79. The SMILES string of the molecule is O=C1NCCN1C1NCCc2ccccc21. The fraction of sp³-hybridized carbons (Fsp3) is 0.417. The van der Waals surface area contributed by atoms with Gasteiger partial charge >= 0.3 is 6.03 Å². The van der Waals surface area contributed by atoms with Gasteiger partial charge < -0.3 is 10.2 Å². The van der Waals surface area contributed by atoms with Crippen molar-refractivity contribution in [3.63, 3.8) is 0 Å². The van der Waals surface area contributed by atoms with Crippen LogP contribution in [0.2, 0.25) is 0 Å². The van der Waals surface area contributed by atoms with Crippen LogP contribution in [0.1, 0.15) is 17.3 Å². The minimum Gasteiger partial charge on any atom is -0.336 e. The minimum absolute atomic E-state index is 0.0363. The summed E-state index contributed by atoms with van der Waals surface area (Å²) in [5, 5.41) is 6.26. The Hall–Kier alpha value is -1.55. The number of amides is 2. The standard InChI is InChI=1S/C12H15N3O/c16-12-14-7-8-15(12)11-10-4-2-1-3-9(10)5-6-13-11/h1-4,11,13H,5-8H2,(H,14,16). The molecule has 1 fully saturated rings. The molecule has 1 atom stereocenters. The summed E-state index contributed by atoms with van der Waals surface area (Å²) in [5.74, 6) is 0. The fourth-order valence-corrected chi connectivity index (χ4v) is 2.49. The Balaban J connectivity index is 1.95. The zero-order valence-corrected chi connectivity index (χ0v) is 9.07. The van der Waals surface area contributed by atoms with Crippen LogP contribution in [0.5, 0.6) is 0 Å². The van der Waals surface area contributed by atoms with Crippen LogP contribution in [0.15, 0.2) is 24.3 Å². The summed E-state index contributed by atoms with van der Waals surface area (Å²) in [6.07, 6.45) is 1.09. The van der Waals surface area contributed by atoms with Crippen molar-refractivity contribution in [3.8, 4) is 0 Å². The third-order valence-corrected chi connectivity index (χ3v) is 3.28. The average molecular weight is 217 g/mol. The van der Waals surface area contributed by atoms with E-state index >= 15 is 0 Å². The number of hydrogen-bond acceptors (Lipinski definition) is 2. The lowest BCUT2D eigenvalue weighted by Crippen LogP contribution is -2.43. The largest absolute Gasteiger partial charge is 0.336 e. The third kappa shape index (κ3) is 1.46. The molecule has 84 valence electrons. The van der Waals surface area contributed by atoms with Crippen molar-refractivity contribution in [2.24, 2.45) is 0 Å². The first-order valence-electron chi connectivity index (χ1n) is 5.72. The van der Waals surface area contributed by atoms with Crippen LogP contribution in [-0.4, -0.2) is 30.6 Å². The van der Waals surface area contributed by atoms with Crippen LogP contribution in [0.3, 0.4) is 0 Å². The highest BCUT2D eigenvalue weighted by atomic mass is 16.2. The van der Waals surface area contributed by atoms with Crippen molar-refractivity contribution in [3.05, 3.63) is 35.4 Å². The first-order valence-corrected chi connectivity index (χ1v) is 5.72. The van der Waals surface area contributed by atoms with Crippen LogP contribution < -0.4 is 10.6 Å². The van der Waals surface area contributed by atoms with Crippen molar-refractivity contribution in [2.75, 3.05) is 19.6 Å². The van der Waals surface area contributed by atoms with E-state index in [0.717, 1.165) is 26.1 Å². The Bertz CT molecular complexity index is 418. The smallest absolute Gasteiger partial charge is 0.319 e. The monoisotopic (exact) mass is 217 g/mol. The number of nitrogens with zero attached hydrogens (tertiary/aromatic N) is 1. The predicted octanol–water partition coefficient (Wildman–Crippen LogP) is 0.856.